The summed E-state index contributed by atoms with van der Waals surface area (Å²) in [6, 6.07) is 7.01. The molecule has 0 aliphatic heterocycles. The van der Waals surface area contributed by atoms with Gasteiger partial charge in [0, 0.05) is 0 Å². The van der Waals surface area contributed by atoms with Crippen LogP contribution in [0.2, 0.25) is 0 Å². The molecule has 1 heterocycles. The summed E-state index contributed by atoms with van der Waals surface area (Å²) < 4.78 is 3.16. The van der Waals surface area contributed by atoms with Crippen molar-refractivity contribution in [3.63, 3.8) is 0 Å². The molecule has 0 nitrogen and oxygen atoms in total. The fourth-order valence-electron chi connectivity index (χ4n) is 1.81. The maximum atomic E-state index is 2.41. The van der Waals surface area contributed by atoms with E-state index in [1.165, 1.54) is 16.5 Å². The summed E-state index contributed by atoms with van der Waals surface area (Å²) in [7, 11) is 0. The van der Waals surface area contributed by atoms with Gasteiger partial charge in [-0.2, -0.15) is 0 Å². The Morgan fingerprint density at radius 3 is 2.33 bits per heavy atom. The van der Waals surface area contributed by atoms with Gasteiger partial charge in [0.25, 0.3) is 0 Å². The molecule has 1 aromatic carbocycles. The molecule has 1 aromatic heterocycles. The number of fused-ring (bicyclic) bond motifs is 1. The second-order valence-electron chi connectivity index (χ2n) is 5.24. The normalized spacial score (nSPS) is 12.3. The van der Waals surface area contributed by atoms with Crippen molar-refractivity contribution in [3.8, 4) is 0 Å². The van der Waals surface area contributed by atoms with Crippen LogP contribution in [0.4, 0.5) is 0 Å². The van der Waals surface area contributed by atoms with Crippen LogP contribution >= 0.6 is 0 Å². The molecular formula is C14H18Se. The Bertz CT molecular complexity index is 498. The van der Waals surface area contributed by atoms with E-state index < -0.39 is 0 Å². The average Bonchev–Trinajstić information content (AvgIpc) is 2.41. The molecular weight excluding hydrogens is 247 g/mol. The minimum absolute atomic E-state index is 0.273. The topological polar surface area (TPSA) is 0 Å². The van der Waals surface area contributed by atoms with E-state index in [4.69, 9.17) is 0 Å². The summed E-state index contributed by atoms with van der Waals surface area (Å²) in [6.07, 6.45) is 0. The van der Waals surface area contributed by atoms with Crippen LogP contribution in [0.3, 0.4) is 0 Å². The molecule has 0 aliphatic rings. The molecule has 0 saturated heterocycles. The van der Waals surface area contributed by atoms with Crippen LogP contribution in [0.5, 0.6) is 0 Å². The third-order valence-corrected chi connectivity index (χ3v) is 5.50. The van der Waals surface area contributed by atoms with Crippen LogP contribution in [0.15, 0.2) is 18.2 Å². The van der Waals surface area contributed by atoms with E-state index >= 15 is 0 Å². The van der Waals surface area contributed by atoms with Crippen LogP contribution in [0.25, 0.3) is 9.65 Å². The molecule has 0 fully saturated rings. The van der Waals surface area contributed by atoms with Crippen LogP contribution in [-0.2, 0) is 5.41 Å². The Morgan fingerprint density at radius 2 is 1.73 bits per heavy atom. The van der Waals surface area contributed by atoms with Gasteiger partial charge in [-0.3, -0.25) is 0 Å². The van der Waals surface area contributed by atoms with Crippen LogP contribution in [-0.4, -0.2) is 14.5 Å². The summed E-state index contributed by atoms with van der Waals surface area (Å²) in [5, 5.41) is 1.49. The second-order valence-corrected chi connectivity index (χ2v) is 7.88. The van der Waals surface area contributed by atoms with Crippen molar-refractivity contribution in [2.75, 3.05) is 0 Å². The molecule has 0 amide bonds. The minimum atomic E-state index is 0.273. The third-order valence-electron chi connectivity index (χ3n) is 3.04. The predicted molar refractivity (Wildman–Crippen MR) is 69.1 cm³/mol. The van der Waals surface area contributed by atoms with Crippen LogP contribution in [0.1, 0.15) is 36.3 Å². The third kappa shape index (κ3) is 1.91. The molecule has 0 radical (unpaired) electrons. The first-order chi connectivity index (χ1) is 6.89. The summed E-state index contributed by atoms with van der Waals surface area (Å²) in [6.45, 7) is 11.4. The summed E-state index contributed by atoms with van der Waals surface area (Å²) in [5.41, 5.74) is 3.24. The Labute approximate surface area is 98.1 Å². The Hall–Kier alpha value is -0.521. The number of aryl methyl sites for hydroxylation is 2. The molecule has 2 aromatic rings. The van der Waals surface area contributed by atoms with E-state index in [1.807, 2.05) is 0 Å². The van der Waals surface area contributed by atoms with E-state index in [1.54, 1.807) is 8.70 Å². The van der Waals surface area contributed by atoms with Gasteiger partial charge in [-0.15, -0.1) is 0 Å². The van der Waals surface area contributed by atoms with Crippen molar-refractivity contribution >= 4 is 24.1 Å². The standard InChI is InChI=1S/C14H18Se/c1-9-10(2)15-13-8-11(14(3,4)5)6-7-12(9)13/h6-8H,1-5H3. The Balaban J connectivity index is 2.67. The van der Waals surface area contributed by atoms with Gasteiger partial charge in [-0.05, 0) is 0 Å². The number of benzene rings is 1. The van der Waals surface area contributed by atoms with Crippen molar-refractivity contribution in [1.29, 1.82) is 0 Å². The van der Waals surface area contributed by atoms with Crippen LogP contribution < -0.4 is 0 Å². The first kappa shape index (κ1) is 11.0. The van der Waals surface area contributed by atoms with Gasteiger partial charge in [-0.1, -0.05) is 0 Å². The summed E-state index contributed by atoms with van der Waals surface area (Å²) in [4.78, 5) is 0. The molecule has 80 valence electrons. The van der Waals surface area contributed by atoms with E-state index in [9.17, 15) is 0 Å². The van der Waals surface area contributed by atoms with Crippen LogP contribution in [0, 0.1) is 13.8 Å². The molecule has 0 unspecified atom stereocenters. The van der Waals surface area contributed by atoms with Crippen molar-refractivity contribution in [1.82, 2.24) is 0 Å². The van der Waals surface area contributed by atoms with Gasteiger partial charge in [-0.25, -0.2) is 0 Å². The SMILES string of the molecule is Cc1[se]c2cc(C(C)(C)C)ccc2c1C. The van der Waals surface area contributed by atoms with Gasteiger partial charge in [0.15, 0.2) is 0 Å². The zero-order valence-electron chi connectivity index (χ0n) is 10.1. The predicted octanol–water partition coefficient (Wildman–Crippen LogP) is 3.81. The Kier molecular flexibility index (Phi) is 2.56. The summed E-state index contributed by atoms with van der Waals surface area (Å²) in [5.74, 6) is 0. The molecule has 0 bridgehead atoms. The van der Waals surface area contributed by atoms with Gasteiger partial charge in [0.05, 0.1) is 0 Å². The molecule has 1 heteroatoms. The average molecular weight is 265 g/mol. The first-order valence-electron chi connectivity index (χ1n) is 5.40. The molecule has 0 N–H and O–H groups in total. The molecule has 0 saturated carbocycles. The molecule has 0 atom stereocenters. The molecule has 2 rings (SSSR count). The van der Waals surface area contributed by atoms with E-state index in [-0.39, 0.29) is 5.41 Å². The maximum absolute atomic E-state index is 2.41. The van der Waals surface area contributed by atoms with Crippen molar-refractivity contribution in [3.05, 3.63) is 33.8 Å². The molecule has 0 aliphatic carbocycles. The zero-order chi connectivity index (χ0) is 11.2. The van der Waals surface area contributed by atoms with E-state index in [0.29, 0.717) is 14.5 Å². The molecule has 0 spiro atoms. The van der Waals surface area contributed by atoms with Gasteiger partial charge in [0.1, 0.15) is 0 Å². The zero-order valence-corrected chi connectivity index (χ0v) is 11.9. The second kappa shape index (κ2) is 3.50. The van der Waals surface area contributed by atoms with E-state index in [0.717, 1.165) is 0 Å². The van der Waals surface area contributed by atoms with Crippen molar-refractivity contribution in [2.45, 2.75) is 40.0 Å². The molecule has 15 heavy (non-hydrogen) atoms. The summed E-state index contributed by atoms with van der Waals surface area (Å²) >= 11 is 0.570. The quantitative estimate of drug-likeness (QED) is 0.635. The monoisotopic (exact) mass is 266 g/mol. The van der Waals surface area contributed by atoms with Gasteiger partial charge >= 0.3 is 97.9 Å². The number of hydrogen-bond acceptors (Lipinski definition) is 0. The van der Waals surface area contributed by atoms with Gasteiger partial charge < -0.3 is 0 Å². The number of rotatable bonds is 0. The fraction of sp³-hybridized carbons (Fsp3) is 0.429. The van der Waals surface area contributed by atoms with Crippen molar-refractivity contribution in [2.24, 2.45) is 0 Å². The Morgan fingerprint density at radius 1 is 1.07 bits per heavy atom. The van der Waals surface area contributed by atoms with E-state index in [2.05, 4.69) is 52.8 Å². The first-order valence-corrected chi connectivity index (χ1v) is 7.11. The number of hydrogen-bond donors (Lipinski definition) is 0. The van der Waals surface area contributed by atoms with Gasteiger partial charge in [0.2, 0.25) is 0 Å². The fourth-order valence-corrected chi connectivity index (χ4v) is 4.14. The van der Waals surface area contributed by atoms with Crippen molar-refractivity contribution < 1.29 is 0 Å².